The molecule has 4 N–H and O–H groups in total. The molecule has 0 radical (unpaired) electrons. The summed E-state index contributed by atoms with van der Waals surface area (Å²) in [5, 5.41) is 45.7. The maximum Gasteiger partial charge on any atom is 0.303 e. The Hall–Kier alpha value is -3.58. The number of aliphatic hydroxyl groups is 4. The van der Waals surface area contributed by atoms with E-state index in [1.165, 1.54) is 13.8 Å². The van der Waals surface area contributed by atoms with Gasteiger partial charge in [0.1, 0.15) is 11.2 Å². The van der Waals surface area contributed by atoms with Gasteiger partial charge in [0, 0.05) is 47.3 Å². The van der Waals surface area contributed by atoms with Crippen LogP contribution < -0.4 is 0 Å². The topological polar surface area (TPSA) is 202 Å². The summed E-state index contributed by atoms with van der Waals surface area (Å²) in [5.41, 5.74) is -3.43. The van der Waals surface area contributed by atoms with Gasteiger partial charge in [-0.2, -0.15) is 0 Å². The van der Waals surface area contributed by atoms with Gasteiger partial charge in [-0.1, -0.05) is 64.8 Å². The lowest BCUT2D eigenvalue weighted by atomic mass is 9.45. The number of hydrogen-bond acceptors (Lipinski definition) is 12. The quantitative estimate of drug-likeness (QED) is 0.268. The number of esters is 2. The predicted octanol–water partition coefficient (Wildman–Crippen LogP) is 4.75. The smallest absolute Gasteiger partial charge is 0.303 e. The molecule has 0 saturated heterocycles. The molecule has 0 aromatic rings. The number of fused-ring (bicyclic) bond motifs is 10. The zero-order valence-electron chi connectivity index (χ0n) is 36.4. The van der Waals surface area contributed by atoms with Crippen LogP contribution >= 0.6 is 0 Å². The normalized spacial score (nSPS) is 47.1. The maximum absolute atomic E-state index is 12.9. The van der Waals surface area contributed by atoms with E-state index in [9.17, 15) is 49.2 Å². The van der Waals surface area contributed by atoms with E-state index in [0.717, 1.165) is 24.0 Å². The predicted molar refractivity (Wildman–Crippen MR) is 218 cm³/mol. The van der Waals surface area contributed by atoms with Gasteiger partial charge >= 0.3 is 11.9 Å². The van der Waals surface area contributed by atoms with Gasteiger partial charge in [0.25, 0.3) is 0 Å². The van der Waals surface area contributed by atoms with Crippen LogP contribution in [-0.4, -0.2) is 92.1 Å². The number of ether oxygens (including phenoxy) is 2. The molecule has 8 rings (SSSR count). The fourth-order valence-corrected chi connectivity index (χ4v) is 15.0. The van der Waals surface area contributed by atoms with Crippen LogP contribution in [0.25, 0.3) is 0 Å². The SMILES string of the molecule is CC(=O)OCC(=O)[C@@]1(O)CC[C@H]2[C@@H]3C[C@H](C)C4=CC(=O)C=C[C@]4(C)[C@H]3[C@@H](O)C[C@@]21C.CC(=O)OCC(=O)[C@@]1(O)CC[C@H]2[C@@H]3C[C@H](C)C4=CC(=O)C=C[C@]4(C)[C@H]3[C@@H](O)C[C@@]21C. The third kappa shape index (κ3) is 6.51. The molecule has 0 amide bonds. The average Bonchev–Trinajstić information content (AvgIpc) is 3.59. The summed E-state index contributed by atoms with van der Waals surface area (Å²) in [6.45, 7) is 13.9. The summed E-state index contributed by atoms with van der Waals surface area (Å²) in [6, 6.07) is 0. The van der Waals surface area contributed by atoms with E-state index < -0.39 is 81.8 Å². The highest BCUT2D eigenvalue weighted by Crippen LogP contribution is 2.69. The highest BCUT2D eigenvalue weighted by Gasteiger charge is 2.70. The molecule has 0 bridgehead atoms. The molecule has 60 heavy (non-hydrogen) atoms. The molecule has 8 aliphatic rings. The lowest BCUT2D eigenvalue weighted by Gasteiger charge is -2.60. The Balaban J connectivity index is 0.000000181. The molecule has 12 nitrogen and oxygen atoms in total. The Morgan fingerprint density at radius 1 is 0.650 bits per heavy atom. The summed E-state index contributed by atoms with van der Waals surface area (Å²) in [4.78, 5) is 72.2. The molecule has 0 heterocycles. The van der Waals surface area contributed by atoms with Crippen molar-refractivity contribution in [3.63, 3.8) is 0 Å². The average molecular weight is 833 g/mol. The number of Topliss-reactive ketones (excluding diaryl/α,β-unsaturated/α-hetero) is 2. The number of ketones is 4. The van der Waals surface area contributed by atoms with Crippen LogP contribution in [0.2, 0.25) is 0 Å². The zero-order chi connectivity index (χ0) is 44.1. The first-order valence-electron chi connectivity index (χ1n) is 21.9. The Morgan fingerprint density at radius 3 is 1.33 bits per heavy atom. The second kappa shape index (κ2) is 15.1. The maximum atomic E-state index is 12.9. The van der Waals surface area contributed by atoms with Gasteiger partial charge in [-0.15, -0.1) is 0 Å². The Morgan fingerprint density at radius 2 is 1.00 bits per heavy atom. The molecular weight excluding hydrogens is 769 g/mol. The summed E-state index contributed by atoms with van der Waals surface area (Å²) in [6.07, 6.45) is 13.4. The Kier molecular flexibility index (Phi) is 11.2. The molecule has 0 aromatic carbocycles. The van der Waals surface area contributed by atoms with E-state index in [2.05, 4.69) is 27.7 Å². The van der Waals surface area contributed by atoms with Crippen LogP contribution in [0.15, 0.2) is 47.6 Å². The molecule has 328 valence electrons. The summed E-state index contributed by atoms with van der Waals surface area (Å²) in [5.74, 6) is -1.42. The Bertz CT molecular complexity index is 1860. The number of carbonyl (C=O) groups is 6. The van der Waals surface area contributed by atoms with Crippen LogP contribution in [0, 0.1) is 69.0 Å². The first kappa shape index (κ1) is 44.5. The van der Waals surface area contributed by atoms with Crippen molar-refractivity contribution in [2.45, 2.75) is 130 Å². The van der Waals surface area contributed by atoms with Crippen molar-refractivity contribution < 1.29 is 58.7 Å². The van der Waals surface area contributed by atoms with Crippen molar-refractivity contribution in [2.24, 2.45) is 69.0 Å². The molecule has 0 aliphatic heterocycles. The van der Waals surface area contributed by atoms with Gasteiger partial charge < -0.3 is 29.9 Å². The van der Waals surface area contributed by atoms with Gasteiger partial charge in [0.2, 0.25) is 11.6 Å². The number of allylic oxidation sites excluding steroid dienone is 8. The van der Waals surface area contributed by atoms with Crippen LogP contribution in [-0.2, 0) is 38.2 Å². The third-order valence-electron chi connectivity index (χ3n) is 17.7. The molecule has 0 spiro atoms. The van der Waals surface area contributed by atoms with Crippen molar-refractivity contribution in [3.8, 4) is 0 Å². The van der Waals surface area contributed by atoms with Crippen molar-refractivity contribution in [1.82, 2.24) is 0 Å². The minimum atomic E-state index is -1.61. The second-order valence-electron chi connectivity index (χ2n) is 20.7. The standard InChI is InChI=1S/2C24H32O6/c2*1-13-9-16-17-6-8-24(29,20(28)12-30-14(2)25)23(17,4)11-19(27)21(16)22(3)7-5-15(26)10-18(13)22/h2*5,7,10,13,16-17,19,21,27,29H,6,8-9,11-12H2,1-4H3/t2*13-,16-,17-,19-,21+,22-,23-,24-/m00/s1. The fraction of sp³-hybridized carbons (Fsp3) is 0.708. The number of rotatable bonds is 6. The fourth-order valence-electron chi connectivity index (χ4n) is 15.0. The molecule has 16 atom stereocenters. The van der Waals surface area contributed by atoms with E-state index in [1.54, 1.807) is 24.3 Å². The number of hydrogen-bond donors (Lipinski definition) is 4. The first-order chi connectivity index (χ1) is 27.9. The minimum absolute atomic E-state index is 0.00535. The molecule has 6 saturated carbocycles. The molecule has 12 heteroatoms. The Labute approximate surface area is 352 Å². The number of aliphatic hydroxyl groups excluding tert-OH is 2. The summed E-state index contributed by atoms with van der Waals surface area (Å²) in [7, 11) is 0. The van der Waals surface area contributed by atoms with Gasteiger partial charge in [-0.25, -0.2) is 0 Å². The lowest BCUT2D eigenvalue weighted by Crippen LogP contribution is -2.62. The van der Waals surface area contributed by atoms with E-state index in [0.29, 0.717) is 38.5 Å². The van der Waals surface area contributed by atoms with Crippen molar-refractivity contribution in [1.29, 1.82) is 0 Å². The number of carbonyl (C=O) groups excluding carboxylic acids is 6. The van der Waals surface area contributed by atoms with E-state index >= 15 is 0 Å². The van der Waals surface area contributed by atoms with E-state index in [4.69, 9.17) is 9.47 Å². The van der Waals surface area contributed by atoms with Gasteiger partial charge in [0.05, 0.1) is 12.2 Å². The molecule has 0 aromatic heterocycles. The summed E-state index contributed by atoms with van der Waals surface area (Å²) < 4.78 is 9.79. The highest BCUT2D eigenvalue weighted by atomic mass is 16.5. The van der Waals surface area contributed by atoms with Crippen molar-refractivity contribution >= 4 is 35.1 Å². The van der Waals surface area contributed by atoms with Crippen molar-refractivity contribution in [3.05, 3.63) is 47.6 Å². The molecular formula is C48H64O12. The van der Waals surface area contributed by atoms with Gasteiger partial charge in [0.15, 0.2) is 24.8 Å². The van der Waals surface area contributed by atoms with Gasteiger partial charge in [-0.3, -0.25) is 28.8 Å². The molecule has 6 fully saturated rings. The largest absolute Gasteiger partial charge is 0.458 e. The van der Waals surface area contributed by atoms with Crippen LogP contribution in [0.1, 0.15) is 107 Å². The molecule has 8 aliphatic carbocycles. The van der Waals surface area contributed by atoms with E-state index in [-0.39, 0.29) is 58.9 Å². The van der Waals surface area contributed by atoms with Crippen LogP contribution in [0.3, 0.4) is 0 Å². The second-order valence-corrected chi connectivity index (χ2v) is 20.7. The summed E-state index contributed by atoms with van der Waals surface area (Å²) >= 11 is 0. The first-order valence-corrected chi connectivity index (χ1v) is 21.9. The highest BCUT2D eigenvalue weighted by molar-refractivity contribution is 6.02. The minimum Gasteiger partial charge on any atom is -0.458 e. The zero-order valence-corrected chi connectivity index (χ0v) is 36.4. The van der Waals surface area contributed by atoms with Crippen LogP contribution in [0.5, 0.6) is 0 Å². The molecule has 0 unspecified atom stereocenters. The third-order valence-corrected chi connectivity index (χ3v) is 17.7. The van der Waals surface area contributed by atoms with E-state index in [1.807, 2.05) is 26.0 Å². The van der Waals surface area contributed by atoms with Crippen LogP contribution in [0.4, 0.5) is 0 Å². The monoisotopic (exact) mass is 832 g/mol. The van der Waals surface area contributed by atoms with Crippen molar-refractivity contribution in [2.75, 3.05) is 13.2 Å². The van der Waals surface area contributed by atoms with Gasteiger partial charge in [-0.05, 0) is 111 Å². The lowest BCUT2D eigenvalue weighted by molar-refractivity contribution is -0.182.